The highest BCUT2D eigenvalue weighted by Crippen LogP contribution is 2.26. The molecule has 1 aromatic rings. The molecule has 0 amide bonds. The molecule has 1 aromatic carbocycles. The number of ether oxygens (including phenoxy) is 1. The van der Waals surface area contributed by atoms with E-state index in [2.05, 4.69) is 16.0 Å². The van der Waals surface area contributed by atoms with Crippen molar-refractivity contribution in [1.82, 2.24) is 16.0 Å². The molecular weight excluding hydrogens is 345 g/mol. The molecule has 0 radical (unpaired) electrons. The van der Waals surface area contributed by atoms with Crippen molar-refractivity contribution in [3.63, 3.8) is 0 Å². The summed E-state index contributed by atoms with van der Waals surface area (Å²) < 4.78 is 44.4. The lowest BCUT2D eigenvalue weighted by Gasteiger charge is -2.36. The van der Waals surface area contributed by atoms with Gasteiger partial charge in [0, 0.05) is 51.0 Å². The van der Waals surface area contributed by atoms with Crippen molar-refractivity contribution >= 4 is 5.69 Å². The summed E-state index contributed by atoms with van der Waals surface area (Å²) in [4.78, 5) is 1.76. The topological polar surface area (TPSA) is 48.6 Å². The summed E-state index contributed by atoms with van der Waals surface area (Å²) in [6.07, 6.45) is -2.19. The van der Waals surface area contributed by atoms with Crippen LogP contribution in [0.25, 0.3) is 0 Å². The zero-order valence-corrected chi connectivity index (χ0v) is 14.8. The van der Waals surface area contributed by atoms with Crippen LogP contribution in [-0.2, 0) is 0 Å². The fraction of sp³-hybridized carbons (Fsp3) is 0.667. The number of rotatable bonds is 6. The minimum Gasteiger partial charge on any atom is -0.494 e. The molecule has 2 fully saturated rings. The van der Waals surface area contributed by atoms with Gasteiger partial charge in [0.05, 0.1) is 6.61 Å². The molecule has 0 bridgehead atoms. The van der Waals surface area contributed by atoms with Crippen LogP contribution in [0.3, 0.4) is 0 Å². The van der Waals surface area contributed by atoms with Gasteiger partial charge in [-0.05, 0) is 37.1 Å². The van der Waals surface area contributed by atoms with E-state index >= 15 is 0 Å². The van der Waals surface area contributed by atoms with Crippen LogP contribution in [0.1, 0.15) is 12.8 Å². The molecule has 0 spiro atoms. The number of anilines is 1. The van der Waals surface area contributed by atoms with Gasteiger partial charge in [0.1, 0.15) is 11.8 Å². The number of hydrogen-bond donors (Lipinski definition) is 3. The second kappa shape index (κ2) is 8.92. The van der Waals surface area contributed by atoms with Crippen LogP contribution in [0, 0.1) is 0 Å². The first-order valence-corrected chi connectivity index (χ1v) is 9.24. The molecule has 2 aliphatic rings. The molecule has 0 aromatic heterocycles. The zero-order valence-electron chi connectivity index (χ0n) is 14.8. The fourth-order valence-electron chi connectivity index (χ4n) is 3.39. The average molecular weight is 372 g/mol. The van der Waals surface area contributed by atoms with Gasteiger partial charge in [0.25, 0.3) is 0 Å². The van der Waals surface area contributed by atoms with Gasteiger partial charge in [0.15, 0.2) is 0 Å². The van der Waals surface area contributed by atoms with E-state index in [9.17, 15) is 13.2 Å². The van der Waals surface area contributed by atoms with Gasteiger partial charge in [-0.3, -0.25) is 0 Å². The van der Waals surface area contributed by atoms with E-state index in [1.807, 2.05) is 24.3 Å². The van der Waals surface area contributed by atoms with Gasteiger partial charge >= 0.3 is 6.18 Å². The van der Waals surface area contributed by atoms with Gasteiger partial charge in [0.2, 0.25) is 0 Å². The SMILES string of the molecule is FC(F)(F)C1CN(c2ccc(OCCCC3CNCCN3)cc2)CCN1. The molecule has 0 saturated carbocycles. The predicted molar refractivity (Wildman–Crippen MR) is 95.9 cm³/mol. The predicted octanol–water partition coefficient (Wildman–Crippen LogP) is 1.75. The quantitative estimate of drug-likeness (QED) is 0.665. The van der Waals surface area contributed by atoms with Crippen LogP contribution in [0.15, 0.2) is 24.3 Å². The second-order valence-corrected chi connectivity index (χ2v) is 6.83. The largest absolute Gasteiger partial charge is 0.494 e. The summed E-state index contributed by atoms with van der Waals surface area (Å²) in [5.41, 5.74) is 0.797. The smallest absolute Gasteiger partial charge is 0.405 e. The number of hydrogen-bond acceptors (Lipinski definition) is 5. The number of alkyl halides is 3. The monoisotopic (exact) mass is 372 g/mol. The highest BCUT2D eigenvalue weighted by molar-refractivity contribution is 5.49. The van der Waals surface area contributed by atoms with Gasteiger partial charge in [-0.25, -0.2) is 0 Å². The maximum atomic E-state index is 12.9. The van der Waals surface area contributed by atoms with Crippen molar-refractivity contribution < 1.29 is 17.9 Å². The number of nitrogens with zero attached hydrogens (tertiary/aromatic N) is 1. The van der Waals surface area contributed by atoms with Crippen molar-refractivity contribution in [3.05, 3.63) is 24.3 Å². The molecule has 3 rings (SSSR count). The average Bonchev–Trinajstić information content (AvgIpc) is 2.66. The summed E-state index contributed by atoms with van der Waals surface area (Å²) in [5, 5.41) is 9.36. The highest BCUT2D eigenvalue weighted by atomic mass is 19.4. The lowest BCUT2D eigenvalue weighted by Crippen LogP contribution is -2.57. The van der Waals surface area contributed by atoms with Gasteiger partial charge in [-0.15, -0.1) is 0 Å². The summed E-state index contributed by atoms with van der Waals surface area (Å²) >= 11 is 0. The second-order valence-electron chi connectivity index (χ2n) is 6.83. The Morgan fingerprint density at radius 2 is 1.88 bits per heavy atom. The van der Waals surface area contributed by atoms with E-state index in [1.165, 1.54) is 0 Å². The Labute approximate surface area is 152 Å². The normalized spacial score (nSPS) is 24.5. The molecule has 2 atom stereocenters. The van der Waals surface area contributed by atoms with Crippen LogP contribution >= 0.6 is 0 Å². The van der Waals surface area contributed by atoms with Crippen molar-refractivity contribution in [2.45, 2.75) is 31.1 Å². The van der Waals surface area contributed by atoms with E-state index in [1.54, 1.807) is 4.90 Å². The molecule has 2 saturated heterocycles. The number of halogens is 3. The van der Waals surface area contributed by atoms with Gasteiger partial charge < -0.3 is 25.6 Å². The van der Waals surface area contributed by atoms with Crippen molar-refractivity contribution in [2.24, 2.45) is 0 Å². The Bertz CT molecular complexity index is 546. The molecule has 2 heterocycles. The molecule has 26 heavy (non-hydrogen) atoms. The molecule has 5 nitrogen and oxygen atoms in total. The Kier molecular flexibility index (Phi) is 6.61. The Hall–Kier alpha value is -1.51. The maximum absolute atomic E-state index is 12.9. The minimum atomic E-state index is -4.22. The third kappa shape index (κ3) is 5.49. The molecule has 3 N–H and O–H groups in total. The number of nitrogens with one attached hydrogen (secondary N) is 3. The standard InChI is InChI=1S/C18H27F3N4O/c19-18(20,21)17-13-25(10-9-24-17)15-3-5-16(6-4-15)26-11-1-2-14-12-22-7-8-23-14/h3-6,14,17,22-24H,1-2,7-13H2. The van der Waals surface area contributed by atoms with Crippen LogP contribution in [0.2, 0.25) is 0 Å². The van der Waals surface area contributed by atoms with Crippen LogP contribution in [0.5, 0.6) is 5.75 Å². The number of benzene rings is 1. The van der Waals surface area contributed by atoms with Crippen molar-refractivity contribution in [3.8, 4) is 5.75 Å². The summed E-state index contributed by atoms with van der Waals surface area (Å²) in [6.45, 7) is 4.50. The minimum absolute atomic E-state index is 0.0634. The Balaban J connectivity index is 1.43. The van der Waals surface area contributed by atoms with Crippen molar-refractivity contribution in [1.29, 1.82) is 0 Å². The summed E-state index contributed by atoms with van der Waals surface area (Å²) in [6, 6.07) is 6.36. The van der Waals surface area contributed by atoms with Crippen LogP contribution in [-0.4, -0.2) is 64.1 Å². The first-order valence-electron chi connectivity index (χ1n) is 9.24. The summed E-state index contributed by atoms with van der Waals surface area (Å²) in [5.74, 6) is 0.756. The first-order chi connectivity index (χ1) is 12.5. The van der Waals surface area contributed by atoms with E-state index in [-0.39, 0.29) is 6.54 Å². The third-order valence-corrected chi connectivity index (χ3v) is 4.86. The first kappa shape index (κ1) is 19.3. The lowest BCUT2D eigenvalue weighted by atomic mass is 10.1. The molecule has 2 unspecified atom stereocenters. The van der Waals surface area contributed by atoms with Crippen LogP contribution in [0.4, 0.5) is 18.9 Å². The molecule has 0 aliphatic carbocycles. The Morgan fingerprint density at radius 1 is 1.08 bits per heavy atom. The maximum Gasteiger partial charge on any atom is 0.405 e. The molecular formula is C18H27F3N4O. The van der Waals surface area contributed by atoms with E-state index in [0.717, 1.165) is 43.9 Å². The van der Waals surface area contributed by atoms with E-state index in [0.29, 0.717) is 25.7 Å². The Morgan fingerprint density at radius 3 is 2.58 bits per heavy atom. The molecule has 8 heteroatoms. The van der Waals surface area contributed by atoms with Crippen LogP contribution < -0.4 is 25.6 Å². The molecule has 2 aliphatic heterocycles. The molecule has 146 valence electrons. The van der Waals surface area contributed by atoms with Gasteiger partial charge in [-0.2, -0.15) is 13.2 Å². The van der Waals surface area contributed by atoms with E-state index < -0.39 is 12.2 Å². The zero-order chi connectivity index (χ0) is 18.4. The van der Waals surface area contributed by atoms with E-state index in [4.69, 9.17) is 4.74 Å². The third-order valence-electron chi connectivity index (χ3n) is 4.86. The summed E-state index contributed by atoms with van der Waals surface area (Å²) in [7, 11) is 0. The highest BCUT2D eigenvalue weighted by Gasteiger charge is 2.41. The lowest BCUT2D eigenvalue weighted by molar-refractivity contribution is -0.155. The van der Waals surface area contributed by atoms with Crippen molar-refractivity contribution in [2.75, 3.05) is 50.8 Å². The number of piperazine rings is 2. The fourth-order valence-corrected chi connectivity index (χ4v) is 3.39. The van der Waals surface area contributed by atoms with Gasteiger partial charge in [-0.1, -0.05) is 0 Å².